The fourth-order valence-corrected chi connectivity index (χ4v) is 4.30. The number of nitrogens with zero attached hydrogens (tertiary/aromatic N) is 3. The molecule has 6 rings (SSSR count). The van der Waals surface area contributed by atoms with E-state index in [2.05, 4.69) is 15.7 Å². The van der Waals surface area contributed by atoms with Crippen molar-refractivity contribution in [3.05, 3.63) is 47.7 Å². The maximum absolute atomic E-state index is 13.1. The lowest BCUT2D eigenvalue weighted by atomic mass is 9.80. The van der Waals surface area contributed by atoms with E-state index >= 15 is 0 Å². The molecule has 2 aromatic heterocycles. The summed E-state index contributed by atoms with van der Waals surface area (Å²) in [4.78, 5) is 17.9. The first kappa shape index (κ1) is 15.5. The van der Waals surface area contributed by atoms with Crippen LogP contribution in [0.2, 0.25) is 0 Å². The molecule has 2 bridgehead atoms. The average Bonchev–Trinajstić information content (AvgIpc) is 3.36. The van der Waals surface area contributed by atoms with E-state index in [0.29, 0.717) is 17.5 Å². The Morgan fingerprint density at radius 2 is 2.12 bits per heavy atom. The van der Waals surface area contributed by atoms with Crippen molar-refractivity contribution in [1.29, 1.82) is 0 Å². The predicted molar refractivity (Wildman–Crippen MR) is 99.8 cm³/mol. The van der Waals surface area contributed by atoms with Crippen molar-refractivity contribution in [3.8, 4) is 11.3 Å². The monoisotopic (exact) mass is 347 g/mol. The number of hydrogen-bond donors (Lipinski definition) is 2. The van der Waals surface area contributed by atoms with Gasteiger partial charge in [0.1, 0.15) is 0 Å². The first-order valence-corrected chi connectivity index (χ1v) is 9.06. The first-order valence-electron chi connectivity index (χ1n) is 9.06. The van der Waals surface area contributed by atoms with Gasteiger partial charge in [0, 0.05) is 31.2 Å². The number of amides is 1. The Bertz CT molecular complexity index is 996. The highest BCUT2D eigenvalue weighted by molar-refractivity contribution is 6.07. The molecule has 2 aliphatic heterocycles. The predicted octanol–water partition coefficient (Wildman–Crippen LogP) is 2.03. The van der Waals surface area contributed by atoms with Crippen LogP contribution in [0.15, 0.2) is 36.4 Å². The summed E-state index contributed by atoms with van der Waals surface area (Å²) in [5.41, 5.74) is 4.01. The van der Waals surface area contributed by atoms with Crippen molar-refractivity contribution >= 4 is 16.9 Å². The molecule has 2 N–H and O–H groups in total. The van der Waals surface area contributed by atoms with E-state index in [-0.39, 0.29) is 11.9 Å². The quantitative estimate of drug-likeness (QED) is 0.760. The van der Waals surface area contributed by atoms with Crippen molar-refractivity contribution in [3.63, 3.8) is 0 Å². The average molecular weight is 347 g/mol. The number of carbonyl (C=O) groups excluding carboxylic acids is 1. The number of nitrogens with one attached hydrogen (secondary N) is 2. The van der Waals surface area contributed by atoms with Crippen LogP contribution in [0, 0.1) is 12.8 Å². The third kappa shape index (κ3) is 2.25. The molecular weight excluding hydrogens is 326 g/mol. The van der Waals surface area contributed by atoms with E-state index in [1.54, 1.807) is 4.68 Å². The molecule has 0 spiro atoms. The molecule has 132 valence electrons. The lowest BCUT2D eigenvalue weighted by Gasteiger charge is -2.35. The highest BCUT2D eigenvalue weighted by Crippen LogP contribution is 2.34. The smallest absolute Gasteiger partial charge is 0.252 e. The van der Waals surface area contributed by atoms with E-state index in [9.17, 15) is 4.79 Å². The van der Waals surface area contributed by atoms with Crippen LogP contribution >= 0.6 is 0 Å². The van der Waals surface area contributed by atoms with Crippen molar-refractivity contribution < 1.29 is 4.79 Å². The normalized spacial score (nSPS) is 23.8. The molecule has 0 radical (unpaired) electrons. The van der Waals surface area contributed by atoms with E-state index in [1.165, 1.54) is 0 Å². The molecule has 6 heteroatoms. The lowest BCUT2D eigenvalue weighted by molar-refractivity contribution is 0.0893. The number of fused-ring (bicyclic) bond motifs is 2. The largest absolute Gasteiger partial charge is 0.347 e. The number of aromatic nitrogens is 3. The summed E-state index contributed by atoms with van der Waals surface area (Å²) in [6.07, 6.45) is 1.16. The molecule has 4 heterocycles. The Hall–Kier alpha value is -2.73. The summed E-state index contributed by atoms with van der Waals surface area (Å²) in [5, 5.41) is 12.0. The number of aryl methyl sites for hydroxylation is 2. The summed E-state index contributed by atoms with van der Waals surface area (Å²) < 4.78 is 1.75. The zero-order valence-corrected chi connectivity index (χ0v) is 14.9. The minimum absolute atomic E-state index is 0.0333. The summed E-state index contributed by atoms with van der Waals surface area (Å²) in [6, 6.07) is 12.5. The van der Waals surface area contributed by atoms with Gasteiger partial charge in [-0.1, -0.05) is 30.3 Å². The van der Waals surface area contributed by atoms with E-state index in [4.69, 9.17) is 4.98 Å². The summed E-state index contributed by atoms with van der Waals surface area (Å²) in [5.74, 6) is 0.527. The molecular formula is C20H21N5O. The number of hydrogen-bond acceptors (Lipinski definition) is 4. The zero-order chi connectivity index (χ0) is 17.8. The maximum atomic E-state index is 13.1. The molecule has 1 saturated carbocycles. The van der Waals surface area contributed by atoms with Crippen LogP contribution < -0.4 is 10.6 Å². The Morgan fingerprint density at radius 3 is 2.81 bits per heavy atom. The van der Waals surface area contributed by atoms with Crippen LogP contribution in [0.5, 0.6) is 0 Å². The summed E-state index contributed by atoms with van der Waals surface area (Å²) in [6.45, 7) is 2.93. The Balaban J connectivity index is 1.61. The van der Waals surface area contributed by atoms with Gasteiger partial charge >= 0.3 is 0 Å². The Labute approximate surface area is 151 Å². The molecule has 26 heavy (non-hydrogen) atoms. The highest BCUT2D eigenvalue weighted by Gasteiger charge is 2.47. The zero-order valence-electron chi connectivity index (χ0n) is 14.9. The molecule has 3 unspecified atom stereocenters. The van der Waals surface area contributed by atoms with E-state index in [1.807, 2.05) is 50.4 Å². The summed E-state index contributed by atoms with van der Waals surface area (Å²) >= 11 is 0. The van der Waals surface area contributed by atoms with Gasteiger partial charge in [-0.25, -0.2) is 4.98 Å². The molecule has 3 atom stereocenters. The van der Waals surface area contributed by atoms with Crippen molar-refractivity contribution in [2.45, 2.75) is 25.4 Å². The fraction of sp³-hybridized carbons (Fsp3) is 0.350. The second-order valence-corrected chi connectivity index (χ2v) is 7.34. The first-order chi connectivity index (χ1) is 12.6. The highest BCUT2D eigenvalue weighted by atomic mass is 16.1. The van der Waals surface area contributed by atoms with Crippen LogP contribution in [-0.4, -0.2) is 39.3 Å². The SMILES string of the molecule is Cc1nn(C)c2nc(-c3ccccc3)cc(C(=O)NC3C4CNC3C4)c12. The third-order valence-electron chi connectivity index (χ3n) is 5.72. The minimum Gasteiger partial charge on any atom is -0.347 e. The second-order valence-electron chi connectivity index (χ2n) is 7.34. The molecule has 2 saturated heterocycles. The molecule has 1 aliphatic carbocycles. The number of rotatable bonds is 3. The van der Waals surface area contributed by atoms with Gasteiger partial charge in [0.2, 0.25) is 0 Å². The fourth-order valence-electron chi connectivity index (χ4n) is 4.30. The van der Waals surface area contributed by atoms with Gasteiger partial charge in [0.05, 0.1) is 22.3 Å². The van der Waals surface area contributed by atoms with Crippen LogP contribution in [0.1, 0.15) is 22.5 Å². The van der Waals surface area contributed by atoms with Gasteiger partial charge in [0.25, 0.3) is 5.91 Å². The molecule has 3 fully saturated rings. The maximum Gasteiger partial charge on any atom is 0.252 e. The molecule has 1 aromatic carbocycles. The van der Waals surface area contributed by atoms with Crippen molar-refractivity contribution in [2.24, 2.45) is 13.0 Å². The summed E-state index contributed by atoms with van der Waals surface area (Å²) in [7, 11) is 1.87. The van der Waals surface area contributed by atoms with Crippen molar-refractivity contribution in [1.82, 2.24) is 25.4 Å². The van der Waals surface area contributed by atoms with Gasteiger partial charge in [-0.05, 0) is 25.3 Å². The molecule has 1 amide bonds. The number of benzene rings is 1. The third-order valence-corrected chi connectivity index (χ3v) is 5.72. The molecule has 6 nitrogen and oxygen atoms in total. The topological polar surface area (TPSA) is 71.8 Å². The van der Waals surface area contributed by atoms with Gasteiger partial charge in [-0.3, -0.25) is 9.48 Å². The lowest BCUT2D eigenvalue weighted by Crippen LogP contribution is -2.54. The van der Waals surface area contributed by atoms with Gasteiger partial charge < -0.3 is 10.6 Å². The Morgan fingerprint density at radius 1 is 1.31 bits per heavy atom. The van der Waals surface area contributed by atoms with Gasteiger partial charge in [-0.15, -0.1) is 0 Å². The van der Waals surface area contributed by atoms with E-state index in [0.717, 1.165) is 41.0 Å². The number of pyridine rings is 1. The Kier molecular flexibility index (Phi) is 3.37. The molecule has 3 aliphatic rings. The van der Waals surface area contributed by atoms with Gasteiger partial charge in [0.15, 0.2) is 5.65 Å². The van der Waals surface area contributed by atoms with Crippen LogP contribution in [-0.2, 0) is 7.05 Å². The van der Waals surface area contributed by atoms with Crippen molar-refractivity contribution in [2.75, 3.05) is 6.54 Å². The molecule has 3 aromatic rings. The van der Waals surface area contributed by atoms with Crippen LogP contribution in [0.4, 0.5) is 0 Å². The standard InChI is InChI=1S/C20H21N5O/c1-11-17-14(20(26)23-18-13-8-16(18)21-10-13)9-15(12-6-4-3-5-7-12)22-19(17)25(2)24-11/h3-7,9,13,16,18,21H,8,10H2,1-2H3,(H,23,26). The van der Waals surface area contributed by atoms with Gasteiger partial charge in [-0.2, -0.15) is 5.10 Å². The minimum atomic E-state index is -0.0333. The second kappa shape index (κ2) is 5.64. The van der Waals surface area contributed by atoms with Crippen LogP contribution in [0.3, 0.4) is 0 Å². The van der Waals surface area contributed by atoms with Crippen LogP contribution in [0.25, 0.3) is 22.3 Å². The van der Waals surface area contributed by atoms with E-state index < -0.39 is 0 Å². The number of carbonyl (C=O) groups is 1.